The highest BCUT2D eigenvalue weighted by Crippen LogP contribution is 2.24. The molecular weight excluding hydrogens is 410 g/mol. The van der Waals surface area contributed by atoms with E-state index in [1.165, 1.54) is 0 Å². The van der Waals surface area contributed by atoms with Gasteiger partial charge < -0.3 is 15.4 Å². The summed E-state index contributed by atoms with van der Waals surface area (Å²) in [6.45, 7) is 0.612. The molecule has 0 aliphatic carbocycles. The fourth-order valence-electron chi connectivity index (χ4n) is 3.23. The quantitative estimate of drug-likeness (QED) is 0.526. The third-order valence-electron chi connectivity index (χ3n) is 4.85. The molecule has 3 aromatic rings. The summed E-state index contributed by atoms with van der Waals surface area (Å²) in [4.78, 5) is 30.1. The molecule has 1 aliphatic heterocycles. The second-order valence-corrected chi connectivity index (χ2v) is 8.25. The highest BCUT2D eigenvalue weighted by molar-refractivity contribution is 7.98. The molecule has 1 atom stereocenters. The molecule has 6 nitrogen and oxygen atoms in total. The lowest BCUT2D eigenvalue weighted by molar-refractivity contribution is -0.124. The van der Waals surface area contributed by atoms with Gasteiger partial charge in [-0.15, -0.1) is 11.8 Å². The predicted octanol–water partition coefficient (Wildman–Crippen LogP) is 4.74. The van der Waals surface area contributed by atoms with Crippen molar-refractivity contribution in [3.05, 3.63) is 84.2 Å². The summed E-state index contributed by atoms with van der Waals surface area (Å²) in [6, 6.07) is 18.6. The number of rotatable bonds is 7. The molecule has 2 heterocycles. The van der Waals surface area contributed by atoms with Crippen LogP contribution in [0.2, 0.25) is 0 Å². The van der Waals surface area contributed by atoms with Crippen molar-refractivity contribution in [1.82, 2.24) is 4.98 Å². The number of benzene rings is 2. The lowest BCUT2D eigenvalue weighted by atomic mass is 10.1. The second kappa shape index (κ2) is 10.2. The highest BCUT2D eigenvalue weighted by Gasteiger charge is 2.23. The van der Waals surface area contributed by atoms with Gasteiger partial charge in [0.05, 0.1) is 0 Å². The fourth-order valence-corrected chi connectivity index (χ4v) is 4.07. The molecule has 2 amide bonds. The van der Waals surface area contributed by atoms with Crippen molar-refractivity contribution < 1.29 is 14.3 Å². The van der Waals surface area contributed by atoms with Crippen molar-refractivity contribution in [2.24, 2.45) is 0 Å². The smallest absolute Gasteiger partial charge is 0.255 e. The third-order valence-corrected chi connectivity index (χ3v) is 5.94. The minimum absolute atomic E-state index is 0.172. The van der Waals surface area contributed by atoms with Crippen molar-refractivity contribution in [2.45, 2.75) is 29.6 Å². The highest BCUT2D eigenvalue weighted by atomic mass is 32.2. The standard InChI is InChI=1S/C24H23N3O3S/c28-23(18-5-1-6-20(14-18)27-24(29)22-7-3-13-30-22)26-19-8-10-21(11-9-19)31-16-17-4-2-12-25-15-17/h1-2,4-6,8-12,14-15,22H,3,7,13,16H2,(H,26,28)(H,27,29). The zero-order valence-corrected chi connectivity index (χ0v) is 17.7. The molecule has 1 aromatic heterocycles. The van der Waals surface area contributed by atoms with Gasteiger partial charge in [0.2, 0.25) is 0 Å². The number of aromatic nitrogens is 1. The predicted molar refractivity (Wildman–Crippen MR) is 122 cm³/mol. The Balaban J connectivity index is 1.33. The number of nitrogens with zero attached hydrogens (tertiary/aromatic N) is 1. The molecule has 2 N–H and O–H groups in total. The van der Waals surface area contributed by atoms with Crippen LogP contribution in [-0.4, -0.2) is 29.5 Å². The molecular formula is C24H23N3O3S. The van der Waals surface area contributed by atoms with Crippen LogP contribution in [0.5, 0.6) is 0 Å². The first-order chi connectivity index (χ1) is 15.2. The minimum Gasteiger partial charge on any atom is -0.368 e. The molecule has 2 aromatic carbocycles. The van der Waals surface area contributed by atoms with Gasteiger partial charge in [0.1, 0.15) is 6.10 Å². The first kappa shape index (κ1) is 21.1. The van der Waals surface area contributed by atoms with Crippen LogP contribution in [0.25, 0.3) is 0 Å². The van der Waals surface area contributed by atoms with Gasteiger partial charge in [0.15, 0.2) is 0 Å². The van der Waals surface area contributed by atoms with E-state index in [0.717, 1.165) is 29.1 Å². The van der Waals surface area contributed by atoms with E-state index in [0.29, 0.717) is 23.5 Å². The normalized spacial score (nSPS) is 15.4. The maximum absolute atomic E-state index is 12.6. The molecule has 31 heavy (non-hydrogen) atoms. The number of hydrogen-bond acceptors (Lipinski definition) is 5. The van der Waals surface area contributed by atoms with E-state index < -0.39 is 6.10 Å². The van der Waals surface area contributed by atoms with Crippen molar-refractivity contribution in [3.63, 3.8) is 0 Å². The number of nitrogens with one attached hydrogen (secondary N) is 2. The lowest BCUT2D eigenvalue weighted by Gasteiger charge is -2.11. The van der Waals surface area contributed by atoms with Crippen LogP contribution in [0.1, 0.15) is 28.8 Å². The summed E-state index contributed by atoms with van der Waals surface area (Å²) in [5, 5.41) is 5.73. The molecule has 158 valence electrons. The van der Waals surface area contributed by atoms with E-state index in [1.54, 1.807) is 42.2 Å². The van der Waals surface area contributed by atoms with Crippen LogP contribution in [0, 0.1) is 0 Å². The second-order valence-electron chi connectivity index (χ2n) is 7.20. The first-order valence-corrected chi connectivity index (χ1v) is 11.1. The summed E-state index contributed by atoms with van der Waals surface area (Å²) in [7, 11) is 0. The Hall–Kier alpha value is -3.16. The van der Waals surface area contributed by atoms with Gasteiger partial charge in [0, 0.05) is 46.6 Å². The summed E-state index contributed by atoms with van der Waals surface area (Å²) in [6.07, 6.45) is 4.83. The van der Waals surface area contributed by atoms with Crippen LogP contribution in [0.3, 0.4) is 0 Å². The van der Waals surface area contributed by atoms with Crippen LogP contribution < -0.4 is 10.6 Å². The van der Waals surface area contributed by atoms with Gasteiger partial charge in [-0.1, -0.05) is 12.1 Å². The number of carbonyl (C=O) groups is 2. The SMILES string of the molecule is O=C(Nc1ccc(SCc2cccnc2)cc1)c1cccc(NC(=O)C2CCCO2)c1. The maximum atomic E-state index is 12.6. The minimum atomic E-state index is -0.410. The van der Waals surface area contributed by atoms with Crippen LogP contribution >= 0.6 is 11.8 Å². The zero-order valence-electron chi connectivity index (χ0n) is 16.9. The molecule has 1 saturated heterocycles. The molecule has 7 heteroatoms. The summed E-state index contributed by atoms with van der Waals surface area (Å²) in [5.74, 6) is 0.433. The molecule has 0 spiro atoms. The third kappa shape index (κ3) is 5.93. The number of carbonyl (C=O) groups excluding carboxylic acids is 2. The molecule has 1 aliphatic rings. The Morgan fingerprint density at radius 3 is 2.65 bits per heavy atom. The van der Waals surface area contributed by atoms with Crippen LogP contribution in [0.15, 0.2) is 78.0 Å². The molecule has 1 unspecified atom stereocenters. The monoisotopic (exact) mass is 433 g/mol. The van der Waals surface area contributed by atoms with Gasteiger partial charge in [-0.2, -0.15) is 0 Å². The fraction of sp³-hybridized carbons (Fsp3) is 0.208. The lowest BCUT2D eigenvalue weighted by Crippen LogP contribution is -2.27. The summed E-state index contributed by atoms with van der Waals surface area (Å²) >= 11 is 1.71. The van der Waals surface area contributed by atoms with E-state index in [9.17, 15) is 9.59 Å². The Morgan fingerprint density at radius 2 is 1.90 bits per heavy atom. The van der Waals surface area contributed by atoms with Gasteiger partial charge in [-0.3, -0.25) is 14.6 Å². The van der Waals surface area contributed by atoms with Crippen molar-refractivity contribution in [1.29, 1.82) is 0 Å². The van der Waals surface area contributed by atoms with E-state index in [4.69, 9.17) is 4.74 Å². The van der Waals surface area contributed by atoms with E-state index in [1.807, 2.05) is 42.6 Å². The number of amides is 2. The molecule has 0 bridgehead atoms. The molecule has 1 fully saturated rings. The number of ether oxygens (including phenoxy) is 1. The van der Waals surface area contributed by atoms with Crippen LogP contribution in [0.4, 0.5) is 11.4 Å². The topological polar surface area (TPSA) is 80.3 Å². The number of thioether (sulfide) groups is 1. The maximum Gasteiger partial charge on any atom is 0.255 e. The largest absolute Gasteiger partial charge is 0.368 e. The van der Waals surface area contributed by atoms with Crippen molar-refractivity contribution >= 4 is 35.0 Å². The van der Waals surface area contributed by atoms with Crippen molar-refractivity contribution in [3.8, 4) is 0 Å². The Bertz CT molecular complexity index is 1040. The Morgan fingerprint density at radius 1 is 1.03 bits per heavy atom. The number of hydrogen-bond donors (Lipinski definition) is 2. The van der Waals surface area contributed by atoms with E-state index in [-0.39, 0.29) is 11.8 Å². The van der Waals surface area contributed by atoms with Gasteiger partial charge in [-0.25, -0.2) is 0 Å². The summed E-state index contributed by atoms with van der Waals surface area (Å²) < 4.78 is 5.40. The average molecular weight is 434 g/mol. The van der Waals surface area contributed by atoms with E-state index >= 15 is 0 Å². The molecule has 4 rings (SSSR count). The Labute approximate surface area is 185 Å². The number of pyridine rings is 1. The van der Waals surface area contributed by atoms with Crippen LogP contribution in [-0.2, 0) is 15.3 Å². The van der Waals surface area contributed by atoms with Gasteiger partial charge in [0.25, 0.3) is 11.8 Å². The van der Waals surface area contributed by atoms with Gasteiger partial charge >= 0.3 is 0 Å². The van der Waals surface area contributed by atoms with E-state index in [2.05, 4.69) is 15.6 Å². The molecule has 0 saturated carbocycles. The zero-order chi connectivity index (χ0) is 21.5. The molecule has 0 radical (unpaired) electrons. The number of anilines is 2. The van der Waals surface area contributed by atoms with Gasteiger partial charge in [-0.05, 0) is 66.9 Å². The Kier molecular flexibility index (Phi) is 6.96. The summed E-state index contributed by atoms with van der Waals surface area (Å²) in [5.41, 5.74) is 2.93. The average Bonchev–Trinajstić information content (AvgIpc) is 3.35. The van der Waals surface area contributed by atoms with Crippen molar-refractivity contribution in [2.75, 3.05) is 17.2 Å². The first-order valence-electron chi connectivity index (χ1n) is 10.1.